The second kappa shape index (κ2) is 8.15. The molecule has 0 radical (unpaired) electrons. The average Bonchev–Trinajstić information content (AvgIpc) is 3.58. The van der Waals surface area contributed by atoms with Crippen molar-refractivity contribution < 1.29 is 19.1 Å². The van der Waals surface area contributed by atoms with Gasteiger partial charge in [0.1, 0.15) is 11.5 Å². The minimum atomic E-state index is -0.0312. The maximum atomic E-state index is 13.0. The molecule has 6 nitrogen and oxygen atoms in total. The lowest BCUT2D eigenvalue weighted by atomic mass is 10.0. The Bertz CT molecular complexity index is 923. The SMILES string of the molecule is COc1ccc2c(c1)CN(C1CC1)C(=O)CCN2CC(=O)c1ccccc1OC. The molecule has 2 aromatic rings. The molecule has 1 heterocycles. The van der Waals surface area contributed by atoms with E-state index in [1.807, 2.05) is 40.1 Å². The van der Waals surface area contributed by atoms with Gasteiger partial charge in [0.05, 0.1) is 26.3 Å². The number of carbonyl (C=O) groups is 2. The first-order valence-corrected chi connectivity index (χ1v) is 9.98. The van der Waals surface area contributed by atoms with Crippen LogP contribution < -0.4 is 14.4 Å². The zero-order valence-corrected chi connectivity index (χ0v) is 16.9. The molecule has 0 aromatic heterocycles. The van der Waals surface area contributed by atoms with Crippen LogP contribution in [0.5, 0.6) is 11.5 Å². The predicted molar refractivity (Wildman–Crippen MR) is 111 cm³/mol. The summed E-state index contributed by atoms with van der Waals surface area (Å²) in [6.45, 7) is 1.24. The summed E-state index contributed by atoms with van der Waals surface area (Å²) in [5.41, 5.74) is 2.54. The number of anilines is 1. The van der Waals surface area contributed by atoms with E-state index < -0.39 is 0 Å². The van der Waals surface area contributed by atoms with Gasteiger partial charge in [-0.1, -0.05) is 12.1 Å². The highest BCUT2D eigenvalue weighted by Crippen LogP contribution is 2.34. The number of nitrogens with zero attached hydrogens (tertiary/aromatic N) is 2. The zero-order chi connectivity index (χ0) is 20.4. The fourth-order valence-electron chi connectivity index (χ4n) is 3.91. The Morgan fingerprint density at radius 1 is 1.10 bits per heavy atom. The highest BCUT2D eigenvalue weighted by atomic mass is 16.5. The Kier molecular flexibility index (Phi) is 5.43. The van der Waals surface area contributed by atoms with Gasteiger partial charge in [-0.2, -0.15) is 0 Å². The van der Waals surface area contributed by atoms with Crippen LogP contribution in [0.2, 0.25) is 0 Å². The number of hydrogen-bond donors (Lipinski definition) is 0. The van der Waals surface area contributed by atoms with Crippen molar-refractivity contribution in [3.05, 3.63) is 53.6 Å². The van der Waals surface area contributed by atoms with E-state index >= 15 is 0 Å². The molecular weight excluding hydrogens is 368 g/mol. The largest absolute Gasteiger partial charge is 0.497 e. The molecule has 1 amide bonds. The minimum Gasteiger partial charge on any atom is -0.497 e. The van der Waals surface area contributed by atoms with Gasteiger partial charge in [-0.25, -0.2) is 0 Å². The average molecular weight is 394 g/mol. The number of para-hydroxylation sites is 1. The third-order valence-electron chi connectivity index (χ3n) is 5.61. The Labute approximate surface area is 171 Å². The van der Waals surface area contributed by atoms with E-state index in [9.17, 15) is 9.59 Å². The lowest BCUT2D eigenvalue weighted by molar-refractivity contribution is -0.132. The Morgan fingerprint density at radius 3 is 2.62 bits per heavy atom. The minimum absolute atomic E-state index is 0.0312. The van der Waals surface area contributed by atoms with E-state index in [4.69, 9.17) is 9.47 Å². The molecule has 0 spiro atoms. The maximum absolute atomic E-state index is 13.0. The first-order chi connectivity index (χ1) is 14.1. The number of carbonyl (C=O) groups excluding carboxylic acids is 2. The van der Waals surface area contributed by atoms with Gasteiger partial charge in [-0.15, -0.1) is 0 Å². The lowest BCUT2D eigenvalue weighted by Crippen LogP contribution is -2.40. The van der Waals surface area contributed by atoms with E-state index in [1.54, 1.807) is 26.4 Å². The number of methoxy groups -OCH3 is 2. The van der Waals surface area contributed by atoms with Crippen LogP contribution in [-0.4, -0.2) is 49.9 Å². The Morgan fingerprint density at radius 2 is 1.90 bits per heavy atom. The summed E-state index contributed by atoms with van der Waals surface area (Å²) in [5, 5.41) is 0. The van der Waals surface area contributed by atoms with Crippen molar-refractivity contribution >= 4 is 17.4 Å². The van der Waals surface area contributed by atoms with Gasteiger partial charge in [0, 0.05) is 31.2 Å². The molecule has 0 atom stereocenters. The van der Waals surface area contributed by atoms with Crippen LogP contribution >= 0.6 is 0 Å². The fraction of sp³-hybridized carbons (Fsp3) is 0.391. The number of amides is 1. The monoisotopic (exact) mass is 394 g/mol. The predicted octanol–water partition coefficient (Wildman–Crippen LogP) is 3.29. The van der Waals surface area contributed by atoms with Crippen LogP contribution in [0.1, 0.15) is 35.2 Å². The van der Waals surface area contributed by atoms with E-state index in [1.165, 1.54) is 0 Å². The first kappa shape index (κ1) is 19.3. The number of Topliss-reactive ketones (excluding diaryl/α,β-unsaturated/α-hetero) is 1. The molecule has 0 N–H and O–H groups in total. The Hall–Kier alpha value is -3.02. The molecule has 0 bridgehead atoms. The first-order valence-electron chi connectivity index (χ1n) is 9.98. The molecule has 1 aliphatic carbocycles. The molecule has 6 heteroatoms. The van der Waals surface area contributed by atoms with Gasteiger partial charge >= 0.3 is 0 Å². The second-order valence-corrected chi connectivity index (χ2v) is 7.54. The van der Waals surface area contributed by atoms with Crippen LogP contribution in [0, 0.1) is 0 Å². The van der Waals surface area contributed by atoms with Crippen molar-refractivity contribution in [2.24, 2.45) is 0 Å². The number of benzene rings is 2. The number of hydrogen-bond acceptors (Lipinski definition) is 5. The Balaban J connectivity index is 1.65. The van der Waals surface area contributed by atoms with Gasteiger partial charge in [0.15, 0.2) is 5.78 Å². The topological polar surface area (TPSA) is 59.1 Å². The van der Waals surface area contributed by atoms with Crippen molar-refractivity contribution in [1.29, 1.82) is 0 Å². The molecule has 2 aromatic carbocycles. The van der Waals surface area contributed by atoms with E-state index in [-0.39, 0.29) is 18.2 Å². The smallest absolute Gasteiger partial charge is 0.224 e. The second-order valence-electron chi connectivity index (χ2n) is 7.54. The van der Waals surface area contributed by atoms with E-state index in [0.29, 0.717) is 36.9 Å². The number of rotatable bonds is 6. The summed E-state index contributed by atoms with van der Waals surface area (Å²) in [7, 11) is 3.20. The van der Waals surface area contributed by atoms with Crippen LogP contribution in [0.15, 0.2) is 42.5 Å². The zero-order valence-electron chi connectivity index (χ0n) is 16.9. The van der Waals surface area contributed by atoms with E-state index in [0.717, 1.165) is 29.8 Å². The summed E-state index contributed by atoms with van der Waals surface area (Å²) in [6, 6.07) is 13.5. The van der Waals surface area contributed by atoms with Crippen LogP contribution in [-0.2, 0) is 11.3 Å². The molecule has 1 aliphatic heterocycles. The molecule has 29 heavy (non-hydrogen) atoms. The van der Waals surface area contributed by atoms with Crippen molar-refractivity contribution in [2.45, 2.75) is 31.8 Å². The van der Waals surface area contributed by atoms with Gasteiger partial charge in [-0.3, -0.25) is 9.59 Å². The van der Waals surface area contributed by atoms with Crippen molar-refractivity contribution in [2.75, 3.05) is 32.2 Å². The third kappa shape index (κ3) is 4.06. The molecule has 0 unspecified atom stereocenters. The summed E-state index contributed by atoms with van der Waals surface area (Å²) in [4.78, 5) is 29.8. The van der Waals surface area contributed by atoms with Gasteiger partial charge in [0.2, 0.25) is 5.91 Å². The van der Waals surface area contributed by atoms with Crippen molar-refractivity contribution in [1.82, 2.24) is 4.90 Å². The quantitative estimate of drug-likeness (QED) is 0.704. The van der Waals surface area contributed by atoms with Gasteiger partial charge < -0.3 is 19.3 Å². The summed E-state index contributed by atoms with van der Waals surface area (Å²) < 4.78 is 10.7. The highest BCUT2D eigenvalue weighted by molar-refractivity contribution is 6.01. The van der Waals surface area contributed by atoms with E-state index in [2.05, 4.69) is 0 Å². The number of fused-ring (bicyclic) bond motifs is 1. The summed E-state index contributed by atoms with van der Waals surface area (Å²) >= 11 is 0. The summed E-state index contributed by atoms with van der Waals surface area (Å²) in [6.07, 6.45) is 2.54. The highest BCUT2D eigenvalue weighted by Gasteiger charge is 2.34. The number of ketones is 1. The molecule has 4 rings (SSSR count). The molecule has 2 aliphatic rings. The molecule has 0 saturated heterocycles. The van der Waals surface area contributed by atoms with Crippen molar-refractivity contribution in [3.8, 4) is 11.5 Å². The molecule has 1 saturated carbocycles. The fourth-order valence-corrected chi connectivity index (χ4v) is 3.91. The number of ether oxygens (including phenoxy) is 2. The van der Waals surface area contributed by atoms with Crippen molar-refractivity contribution in [3.63, 3.8) is 0 Å². The van der Waals surface area contributed by atoms with Gasteiger partial charge in [0.25, 0.3) is 0 Å². The van der Waals surface area contributed by atoms with Crippen LogP contribution in [0.4, 0.5) is 5.69 Å². The lowest BCUT2D eigenvalue weighted by Gasteiger charge is -2.33. The molecule has 152 valence electrons. The standard InChI is InChI=1S/C23H26N2O4/c1-28-18-9-10-20-16(13-18)14-25(17-7-8-17)23(27)11-12-24(20)15-21(26)19-5-3-4-6-22(19)29-2/h3-6,9-10,13,17H,7-8,11-12,14-15H2,1-2H3. The maximum Gasteiger partial charge on any atom is 0.224 e. The van der Waals surface area contributed by atoms with Gasteiger partial charge in [-0.05, 0) is 48.7 Å². The molecule has 1 fully saturated rings. The third-order valence-corrected chi connectivity index (χ3v) is 5.61. The summed E-state index contributed by atoms with van der Waals surface area (Å²) in [5.74, 6) is 1.44. The van der Waals surface area contributed by atoms with Crippen LogP contribution in [0.3, 0.4) is 0 Å². The van der Waals surface area contributed by atoms with Crippen LogP contribution in [0.25, 0.3) is 0 Å². The normalized spacial score (nSPS) is 16.7. The molecular formula is C23H26N2O4.